The minimum atomic E-state index is 0.617. The van der Waals surface area contributed by atoms with Crippen molar-refractivity contribution < 1.29 is 0 Å². The molecule has 2 aromatic heterocycles. The van der Waals surface area contributed by atoms with Crippen LogP contribution in [0.25, 0.3) is 16.9 Å². The molecule has 19 heavy (non-hydrogen) atoms. The first-order valence-corrected chi connectivity index (χ1v) is 6.48. The minimum Gasteiger partial charge on any atom is -0.384 e. The Labute approximate surface area is 111 Å². The number of benzene rings is 1. The lowest BCUT2D eigenvalue weighted by atomic mass is 10.1. The number of hydrogen-bond donors (Lipinski definition) is 1. The maximum absolute atomic E-state index is 6.06. The maximum Gasteiger partial charge on any atom is 0.161 e. The SMILES string of the molecule is CCCc1cnn2c(N)cc(-c3ccccc3)nc12. The molecule has 3 aromatic rings. The Morgan fingerprint density at radius 1 is 1.21 bits per heavy atom. The van der Waals surface area contributed by atoms with E-state index < -0.39 is 0 Å². The van der Waals surface area contributed by atoms with Crippen molar-refractivity contribution in [3.05, 3.63) is 48.2 Å². The fraction of sp³-hybridized carbons (Fsp3) is 0.200. The molecule has 0 aliphatic heterocycles. The Bertz CT molecular complexity index is 701. The molecule has 0 radical (unpaired) electrons. The molecule has 0 aliphatic rings. The average Bonchev–Trinajstić information content (AvgIpc) is 2.84. The summed E-state index contributed by atoms with van der Waals surface area (Å²) in [6, 6.07) is 11.9. The number of nitrogens with two attached hydrogens (primary N) is 1. The molecule has 3 rings (SSSR count). The summed E-state index contributed by atoms with van der Waals surface area (Å²) in [5, 5.41) is 4.30. The van der Waals surface area contributed by atoms with Gasteiger partial charge in [0.15, 0.2) is 5.65 Å². The maximum atomic E-state index is 6.06. The monoisotopic (exact) mass is 252 g/mol. The summed E-state index contributed by atoms with van der Waals surface area (Å²) in [5.41, 5.74) is 10.0. The van der Waals surface area contributed by atoms with Gasteiger partial charge in [0.05, 0.1) is 11.9 Å². The third kappa shape index (κ3) is 2.05. The van der Waals surface area contributed by atoms with Crippen molar-refractivity contribution in [1.29, 1.82) is 0 Å². The van der Waals surface area contributed by atoms with Gasteiger partial charge in [-0.15, -0.1) is 0 Å². The number of aromatic nitrogens is 3. The van der Waals surface area contributed by atoms with Crippen LogP contribution in [0.2, 0.25) is 0 Å². The number of anilines is 1. The number of nitrogens with zero attached hydrogens (tertiary/aromatic N) is 3. The molecule has 0 unspecified atom stereocenters. The van der Waals surface area contributed by atoms with Crippen LogP contribution >= 0.6 is 0 Å². The molecule has 1 aromatic carbocycles. The highest BCUT2D eigenvalue weighted by molar-refractivity contribution is 5.66. The van der Waals surface area contributed by atoms with Crippen LogP contribution in [0.3, 0.4) is 0 Å². The predicted molar refractivity (Wildman–Crippen MR) is 76.8 cm³/mol. The first-order chi connectivity index (χ1) is 9.29. The molecule has 0 aliphatic carbocycles. The Morgan fingerprint density at radius 2 is 2.00 bits per heavy atom. The van der Waals surface area contributed by atoms with E-state index in [2.05, 4.69) is 12.0 Å². The van der Waals surface area contributed by atoms with Crippen LogP contribution in [-0.4, -0.2) is 14.6 Å². The molecular formula is C15H16N4. The zero-order chi connectivity index (χ0) is 13.2. The van der Waals surface area contributed by atoms with Crippen molar-refractivity contribution in [3.8, 4) is 11.3 Å². The van der Waals surface area contributed by atoms with Gasteiger partial charge in [-0.25, -0.2) is 4.98 Å². The normalized spacial score (nSPS) is 11.0. The fourth-order valence-electron chi connectivity index (χ4n) is 2.23. The van der Waals surface area contributed by atoms with Crippen LogP contribution < -0.4 is 5.73 Å². The van der Waals surface area contributed by atoms with E-state index in [4.69, 9.17) is 10.7 Å². The summed E-state index contributed by atoms with van der Waals surface area (Å²) < 4.78 is 1.71. The predicted octanol–water partition coefficient (Wildman–Crippen LogP) is 2.93. The van der Waals surface area contributed by atoms with Crippen molar-refractivity contribution in [2.75, 3.05) is 5.73 Å². The number of nitrogen functional groups attached to an aromatic ring is 1. The second-order valence-corrected chi connectivity index (χ2v) is 4.59. The lowest BCUT2D eigenvalue weighted by molar-refractivity contribution is 0.925. The highest BCUT2D eigenvalue weighted by Crippen LogP contribution is 2.22. The van der Waals surface area contributed by atoms with E-state index in [0.29, 0.717) is 5.82 Å². The summed E-state index contributed by atoms with van der Waals surface area (Å²) >= 11 is 0. The van der Waals surface area contributed by atoms with E-state index >= 15 is 0 Å². The van der Waals surface area contributed by atoms with E-state index in [1.807, 2.05) is 42.6 Å². The largest absolute Gasteiger partial charge is 0.384 e. The molecule has 0 amide bonds. The van der Waals surface area contributed by atoms with Gasteiger partial charge >= 0.3 is 0 Å². The zero-order valence-electron chi connectivity index (χ0n) is 10.9. The average molecular weight is 252 g/mol. The van der Waals surface area contributed by atoms with Crippen LogP contribution in [0, 0.1) is 0 Å². The van der Waals surface area contributed by atoms with Gasteiger partial charge in [0.25, 0.3) is 0 Å². The standard InChI is InChI=1S/C15H16N4/c1-2-6-12-10-17-19-14(16)9-13(18-15(12)19)11-7-4-3-5-8-11/h3-5,7-10H,2,6,16H2,1H3. The molecule has 2 heterocycles. The summed E-state index contributed by atoms with van der Waals surface area (Å²) in [6.07, 6.45) is 3.89. The second-order valence-electron chi connectivity index (χ2n) is 4.59. The van der Waals surface area contributed by atoms with Gasteiger partial charge in [0, 0.05) is 17.2 Å². The van der Waals surface area contributed by atoms with E-state index in [-0.39, 0.29) is 0 Å². The Morgan fingerprint density at radius 3 is 2.74 bits per heavy atom. The number of aryl methyl sites for hydroxylation is 1. The highest BCUT2D eigenvalue weighted by atomic mass is 15.3. The summed E-state index contributed by atoms with van der Waals surface area (Å²) in [4.78, 5) is 4.71. The quantitative estimate of drug-likeness (QED) is 0.779. The van der Waals surface area contributed by atoms with Gasteiger partial charge < -0.3 is 5.73 Å². The minimum absolute atomic E-state index is 0.617. The van der Waals surface area contributed by atoms with Crippen LogP contribution in [0.15, 0.2) is 42.6 Å². The Kier molecular flexibility index (Phi) is 2.91. The van der Waals surface area contributed by atoms with Crippen LogP contribution in [0.1, 0.15) is 18.9 Å². The number of rotatable bonds is 3. The highest BCUT2D eigenvalue weighted by Gasteiger charge is 2.10. The number of hydrogen-bond acceptors (Lipinski definition) is 3. The van der Waals surface area contributed by atoms with Crippen molar-refractivity contribution in [3.63, 3.8) is 0 Å². The van der Waals surface area contributed by atoms with Gasteiger partial charge in [-0.3, -0.25) is 0 Å². The van der Waals surface area contributed by atoms with Crippen molar-refractivity contribution in [1.82, 2.24) is 14.6 Å². The van der Waals surface area contributed by atoms with E-state index in [0.717, 1.165) is 35.3 Å². The van der Waals surface area contributed by atoms with Gasteiger partial charge in [-0.2, -0.15) is 9.61 Å². The molecule has 0 spiro atoms. The van der Waals surface area contributed by atoms with Gasteiger partial charge in [-0.05, 0) is 6.42 Å². The van der Waals surface area contributed by atoms with Gasteiger partial charge in [-0.1, -0.05) is 43.7 Å². The second kappa shape index (κ2) is 4.72. The topological polar surface area (TPSA) is 56.2 Å². The van der Waals surface area contributed by atoms with Crippen LogP contribution in [0.5, 0.6) is 0 Å². The summed E-state index contributed by atoms with van der Waals surface area (Å²) in [7, 11) is 0. The first-order valence-electron chi connectivity index (χ1n) is 6.48. The molecule has 0 saturated carbocycles. The van der Waals surface area contributed by atoms with Crippen molar-refractivity contribution in [2.24, 2.45) is 0 Å². The fourth-order valence-corrected chi connectivity index (χ4v) is 2.23. The smallest absolute Gasteiger partial charge is 0.161 e. The Balaban J connectivity index is 2.20. The van der Waals surface area contributed by atoms with Crippen LogP contribution in [-0.2, 0) is 6.42 Å². The van der Waals surface area contributed by atoms with Crippen molar-refractivity contribution >= 4 is 11.5 Å². The lowest BCUT2D eigenvalue weighted by Gasteiger charge is -2.05. The molecular weight excluding hydrogens is 236 g/mol. The molecule has 2 N–H and O–H groups in total. The first kappa shape index (κ1) is 11.7. The summed E-state index contributed by atoms with van der Waals surface area (Å²) in [6.45, 7) is 2.15. The zero-order valence-corrected chi connectivity index (χ0v) is 10.9. The molecule has 0 bridgehead atoms. The van der Waals surface area contributed by atoms with E-state index in [1.165, 1.54) is 0 Å². The van der Waals surface area contributed by atoms with Crippen molar-refractivity contribution in [2.45, 2.75) is 19.8 Å². The molecule has 0 atom stereocenters. The lowest BCUT2D eigenvalue weighted by Crippen LogP contribution is -2.01. The van der Waals surface area contributed by atoms with E-state index in [9.17, 15) is 0 Å². The molecule has 96 valence electrons. The van der Waals surface area contributed by atoms with Crippen LogP contribution in [0.4, 0.5) is 5.82 Å². The Hall–Kier alpha value is -2.36. The van der Waals surface area contributed by atoms with Gasteiger partial charge in [0.1, 0.15) is 5.82 Å². The molecule has 0 saturated heterocycles. The number of fused-ring (bicyclic) bond motifs is 1. The molecule has 4 heteroatoms. The molecule has 4 nitrogen and oxygen atoms in total. The summed E-state index contributed by atoms with van der Waals surface area (Å²) in [5.74, 6) is 0.617. The molecule has 0 fully saturated rings. The van der Waals surface area contributed by atoms with Gasteiger partial charge in [0.2, 0.25) is 0 Å². The third-order valence-corrected chi connectivity index (χ3v) is 3.16. The third-order valence-electron chi connectivity index (χ3n) is 3.16. The van der Waals surface area contributed by atoms with E-state index in [1.54, 1.807) is 4.52 Å².